The third-order valence-electron chi connectivity index (χ3n) is 8.47. The quantitative estimate of drug-likeness (QED) is 0.346. The van der Waals surface area contributed by atoms with Gasteiger partial charge in [-0.1, -0.05) is 26.0 Å². The normalized spacial score (nSPS) is 22.5. The second-order valence-electron chi connectivity index (χ2n) is 11.5. The highest BCUT2D eigenvalue weighted by molar-refractivity contribution is 7.88. The lowest BCUT2D eigenvalue weighted by molar-refractivity contribution is 0.122. The maximum Gasteiger partial charge on any atom is 0.239 e. The van der Waals surface area contributed by atoms with Gasteiger partial charge in [0.1, 0.15) is 11.6 Å². The van der Waals surface area contributed by atoms with Crippen molar-refractivity contribution in [1.29, 1.82) is 0 Å². The van der Waals surface area contributed by atoms with Crippen LogP contribution in [0.15, 0.2) is 24.3 Å². The summed E-state index contributed by atoms with van der Waals surface area (Å²) in [6, 6.07) is 8.34. The van der Waals surface area contributed by atoms with Gasteiger partial charge in [0.05, 0.1) is 37.0 Å². The van der Waals surface area contributed by atoms with Crippen LogP contribution < -0.4 is 4.90 Å². The number of likely N-dealkylation sites (tertiary alicyclic amines) is 1. The summed E-state index contributed by atoms with van der Waals surface area (Å²) in [4.78, 5) is 24.9. The number of sulfonamides is 1. The summed E-state index contributed by atoms with van der Waals surface area (Å²) < 4.78 is 35.8. The Labute approximate surface area is 233 Å². The fourth-order valence-electron chi connectivity index (χ4n) is 6.45. The van der Waals surface area contributed by atoms with Gasteiger partial charge >= 0.3 is 0 Å². The first-order valence-electron chi connectivity index (χ1n) is 13.9. The molecule has 3 aliphatic rings. The second kappa shape index (κ2) is 9.47. The SMILES string of the molecule is CC(C)c1nc2ccccc2n1-c1nc(N2CCOCC2)c2nc(CN3C[C@H]4C[C@@H]3CN4S(C)(=O)=O)n(C)c2n1. The number of imidazole rings is 2. The van der Waals surface area contributed by atoms with Gasteiger partial charge < -0.3 is 14.2 Å². The van der Waals surface area contributed by atoms with Crippen LogP contribution in [-0.4, -0.2) is 104 Å². The molecule has 6 heterocycles. The number of piperazine rings is 1. The first-order valence-corrected chi connectivity index (χ1v) is 15.8. The van der Waals surface area contributed by atoms with Crippen LogP contribution in [0, 0.1) is 0 Å². The van der Waals surface area contributed by atoms with E-state index in [1.807, 2.05) is 25.2 Å². The average Bonchev–Trinajstić information content (AvgIpc) is 3.70. The lowest BCUT2D eigenvalue weighted by atomic mass is 10.2. The maximum atomic E-state index is 12.2. The number of rotatable bonds is 6. The Bertz CT molecular complexity index is 1710. The highest BCUT2D eigenvalue weighted by Gasteiger charge is 2.47. The molecule has 0 amide bonds. The molecule has 13 heteroatoms. The first kappa shape index (κ1) is 25.8. The molecule has 2 atom stereocenters. The minimum atomic E-state index is -3.18. The number of anilines is 1. The molecule has 2 bridgehead atoms. The van der Waals surface area contributed by atoms with E-state index in [4.69, 9.17) is 24.7 Å². The van der Waals surface area contributed by atoms with E-state index in [-0.39, 0.29) is 18.0 Å². The summed E-state index contributed by atoms with van der Waals surface area (Å²) in [7, 11) is -1.17. The predicted molar refractivity (Wildman–Crippen MR) is 152 cm³/mol. The van der Waals surface area contributed by atoms with Crippen LogP contribution in [0.3, 0.4) is 0 Å². The van der Waals surface area contributed by atoms with Crippen molar-refractivity contribution < 1.29 is 13.2 Å². The van der Waals surface area contributed by atoms with Gasteiger partial charge in [-0.2, -0.15) is 14.3 Å². The van der Waals surface area contributed by atoms with E-state index >= 15 is 0 Å². The van der Waals surface area contributed by atoms with Crippen molar-refractivity contribution in [2.24, 2.45) is 7.05 Å². The third-order valence-corrected chi connectivity index (χ3v) is 9.77. The molecule has 0 radical (unpaired) electrons. The molecule has 3 saturated heterocycles. The Kier molecular flexibility index (Phi) is 6.11. The highest BCUT2D eigenvalue weighted by atomic mass is 32.2. The number of para-hydroxylation sites is 2. The Morgan fingerprint density at radius 2 is 1.80 bits per heavy atom. The van der Waals surface area contributed by atoms with Gasteiger partial charge in [-0.25, -0.2) is 18.4 Å². The molecule has 0 N–H and O–H groups in total. The van der Waals surface area contributed by atoms with Crippen LogP contribution in [0.5, 0.6) is 0 Å². The Hall–Kier alpha value is -3.13. The number of fused-ring (bicyclic) bond motifs is 4. The molecule has 212 valence electrons. The Morgan fingerprint density at radius 1 is 1.02 bits per heavy atom. The molecule has 3 fully saturated rings. The summed E-state index contributed by atoms with van der Waals surface area (Å²) >= 11 is 0. The van der Waals surface area contributed by atoms with Gasteiger partial charge in [-0.05, 0) is 18.6 Å². The van der Waals surface area contributed by atoms with Crippen molar-refractivity contribution in [2.75, 3.05) is 50.5 Å². The van der Waals surface area contributed by atoms with Gasteiger partial charge in [0.25, 0.3) is 0 Å². The number of hydrogen-bond donors (Lipinski definition) is 0. The molecule has 0 saturated carbocycles. The fourth-order valence-corrected chi connectivity index (χ4v) is 7.59. The largest absolute Gasteiger partial charge is 0.378 e. The molecule has 3 aliphatic heterocycles. The minimum absolute atomic E-state index is 0.0361. The van der Waals surface area contributed by atoms with E-state index in [1.54, 1.807) is 4.31 Å². The average molecular weight is 566 g/mol. The monoisotopic (exact) mass is 565 g/mol. The van der Waals surface area contributed by atoms with E-state index in [2.05, 4.69) is 38.8 Å². The van der Waals surface area contributed by atoms with Crippen LogP contribution in [-0.2, 0) is 28.4 Å². The summed E-state index contributed by atoms with van der Waals surface area (Å²) in [5, 5.41) is 0. The lowest BCUT2D eigenvalue weighted by Gasteiger charge is -2.32. The van der Waals surface area contributed by atoms with Crippen LogP contribution in [0.1, 0.15) is 37.8 Å². The molecule has 0 spiro atoms. The summed E-state index contributed by atoms with van der Waals surface area (Å²) in [5.41, 5.74) is 3.45. The van der Waals surface area contributed by atoms with Crippen LogP contribution in [0.2, 0.25) is 0 Å². The van der Waals surface area contributed by atoms with Crippen LogP contribution in [0.25, 0.3) is 28.1 Å². The van der Waals surface area contributed by atoms with Crippen molar-refractivity contribution >= 4 is 38.0 Å². The molecule has 0 aliphatic carbocycles. The van der Waals surface area contributed by atoms with Crippen molar-refractivity contribution in [2.45, 2.75) is 44.8 Å². The smallest absolute Gasteiger partial charge is 0.239 e. The number of hydrogen-bond acceptors (Lipinski definition) is 9. The standard InChI is InChI=1S/C27H35N9O3S/c1-17(2)24-28-20-7-5-6-8-21(20)36(24)27-30-25-23(26(31-27)33-9-11-39-12-10-33)29-22(32(25)3)16-34-14-19-13-18(34)15-35(19)40(4,37)38/h5-8,17-19H,9-16H2,1-4H3/t18-,19-/m1/s1. The number of aromatic nitrogens is 6. The molecule has 1 aromatic carbocycles. The molecule has 40 heavy (non-hydrogen) atoms. The van der Waals surface area contributed by atoms with Gasteiger partial charge in [0.2, 0.25) is 16.0 Å². The topological polar surface area (TPSA) is 115 Å². The first-order chi connectivity index (χ1) is 19.2. The fraction of sp³-hybridized carbons (Fsp3) is 0.556. The lowest BCUT2D eigenvalue weighted by Crippen LogP contribution is -2.48. The summed E-state index contributed by atoms with van der Waals surface area (Å²) in [6.45, 7) is 8.90. The zero-order valence-electron chi connectivity index (χ0n) is 23.4. The molecular formula is C27H35N9O3S. The maximum absolute atomic E-state index is 12.2. The number of ether oxygens (including phenoxy) is 1. The zero-order chi connectivity index (χ0) is 27.8. The molecule has 12 nitrogen and oxygen atoms in total. The molecule has 7 rings (SSSR count). The van der Waals surface area contributed by atoms with Crippen molar-refractivity contribution in [3.05, 3.63) is 35.9 Å². The van der Waals surface area contributed by atoms with E-state index in [9.17, 15) is 8.42 Å². The predicted octanol–water partition coefficient (Wildman–Crippen LogP) is 1.88. The number of aryl methyl sites for hydroxylation is 1. The van der Waals surface area contributed by atoms with Crippen LogP contribution in [0.4, 0.5) is 5.82 Å². The third kappa shape index (κ3) is 4.18. The van der Waals surface area contributed by atoms with E-state index in [0.29, 0.717) is 38.8 Å². The van der Waals surface area contributed by atoms with Gasteiger partial charge in [-0.15, -0.1) is 0 Å². The molecule has 4 aromatic rings. The van der Waals surface area contributed by atoms with Crippen LogP contribution >= 0.6 is 0 Å². The van der Waals surface area contributed by atoms with Gasteiger partial charge in [-0.3, -0.25) is 9.47 Å². The highest BCUT2D eigenvalue weighted by Crippen LogP contribution is 2.35. The number of nitrogens with zero attached hydrogens (tertiary/aromatic N) is 9. The van der Waals surface area contributed by atoms with Crippen molar-refractivity contribution in [3.63, 3.8) is 0 Å². The van der Waals surface area contributed by atoms with E-state index in [1.165, 1.54) is 6.26 Å². The van der Waals surface area contributed by atoms with Gasteiger partial charge in [0.15, 0.2) is 17.0 Å². The molecular weight excluding hydrogens is 530 g/mol. The summed E-state index contributed by atoms with van der Waals surface area (Å²) in [5.74, 6) is 3.39. The molecule has 0 unspecified atom stereocenters. The Balaban J connectivity index is 1.33. The summed E-state index contributed by atoms with van der Waals surface area (Å²) in [6.07, 6.45) is 2.17. The van der Waals surface area contributed by atoms with Crippen molar-refractivity contribution in [1.82, 2.24) is 38.3 Å². The van der Waals surface area contributed by atoms with E-state index in [0.717, 1.165) is 59.2 Å². The zero-order valence-corrected chi connectivity index (χ0v) is 24.2. The second-order valence-corrected chi connectivity index (χ2v) is 13.4. The van der Waals surface area contributed by atoms with Crippen molar-refractivity contribution in [3.8, 4) is 5.95 Å². The van der Waals surface area contributed by atoms with E-state index < -0.39 is 10.0 Å². The Morgan fingerprint density at radius 3 is 2.50 bits per heavy atom. The number of morpholine rings is 1. The molecule has 3 aromatic heterocycles. The number of benzene rings is 1. The minimum Gasteiger partial charge on any atom is -0.378 e. The van der Waals surface area contributed by atoms with Gasteiger partial charge in [0, 0.05) is 51.2 Å².